The summed E-state index contributed by atoms with van der Waals surface area (Å²) in [5.41, 5.74) is 1.50. The lowest BCUT2D eigenvalue weighted by atomic mass is 9.91. The quantitative estimate of drug-likeness (QED) is 0.714. The Morgan fingerprint density at radius 3 is 2.11 bits per heavy atom. The van der Waals surface area contributed by atoms with Gasteiger partial charge in [0.15, 0.2) is 0 Å². The summed E-state index contributed by atoms with van der Waals surface area (Å²) in [4.78, 5) is 0. The molecule has 0 heterocycles. The van der Waals surface area contributed by atoms with Crippen molar-refractivity contribution in [3.63, 3.8) is 0 Å². The predicted molar refractivity (Wildman–Crippen MR) is 84.9 cm³/mol. The molecule has 0 bridgehead atoms. The molecule has 2 heteroatoms. The molecule has 0 saturated heterocycles. The first-order valence-corrected chi connectivity index (χ1v) is 11.6. The van der Waals surface area contributed by atoms with E-state index in [1.807, 2.05) is 0 Å². The maximum atomic E-state index is 2.50. The van der Waals surface area contributed by atoms with E-state index in [9.17, 15) is 0 Å². The van der Waals surface area contributed by atoms with E-state index in [0.717, 1.165) is 0 Å². The van der Waals surface area contributed by atoms with E-state index in [-0.39, 0.29) is 8.80 Å². The van der Waals surface area contributed by atoms with Crippen LogP contribution in [0.25, 0.3) is 0 Å². The number of rotatable bonds is 3. The van der Waals surface area contributed by atoms with Crippen LogP contribution in [-0.2, 0) is 5.04 Å². The van der Waals surface area contributed by atoms with Gasteiger partial charge in [-0.3, -0.25) is 0 Å². The SMILES string of the molecule is C[Si](C)C1=CCC(c2ccccc2)([Si](C)C)C=C1. The van der Waals surface area contributed by atoms with Crippen molar-refractivity contribution >= 4 is 17.6 Å². The maximum absolute atomic E-state index is 2.50. The molecule has 0 aromatic heterocycles. The summed E-state index contributed by atoms with van der Waals surface area (Å²) in [5.74, 6) is 0. The molecule has 1 aliphatic rings. The molecule has 0 amide bonds. The number of allylic oxidation sites excluding steroid dienone is 4. The molecule has 18 heavy (non-hydrogen) atoms. The Labute approximate surface area is 115 Å². The minimum atomic E-state index is -0.415. The third-order valence-electron chi connectivity index (χ3n) is 3.95. The van der Waals surface area contributed by atoms with Gasteiger partial charge in [-0.25, -0.2) is 0 Å². The van der Waals surface area contributed by atoms with Crippen molar-refractivity contribution in [2.24, 2.45) is 0 Å². The van der Waals surface area contributed by atoms with Crippen LogP contribution in [0, 0.1) is 0 Å². The summed E-state index contributed by atoms with van der Waals surface area (Å²) in [6, 6.07) is 11.0. The molecule has 1 aromatic carbocycles. The molecule has 0 nitrogen and oxygen atoms in total. The summed E-state index contributed by atoms with van der Waals surface area (Å²) < 4.78 is 0. The van der Waals surface area contributed by atoms with Crippen LogP contribution in [0.1, 0.15) is 12.0 Å². The summed E-state index contributed by atoms with van der Waals surface area (Å²) in [6.45, 7) is 9.62. The maximum Gasteiger partial charge on any atom is 0.0787 e. The van der Waals surface area contributed by atoms with Crippen molar-refractivity contribution in [1.82, 2.24) is 0 Å². The molecule has 1 aromatic rings. The second-order valence-electron chi connectivity index (χ2n) is 5.53. The number of hydrogen-bond donors (Lipinski definition) is 0. The van der Waals surface area contributed by atoms with Crippen molar-refractivity contribution in [3.05, 3.63) is 59.3 Å². The predicted octanol–water partition coefficient (Wildman–Crippen LogP) is 4.40. The van der Waals surface area contributed by atoms with E-state index in [1.165, 1.54) is 12.0 Å². The number of benzene rings is 1. The van der Waals surface area contributed by atoms with E-state index in [0.29, 0.717) is 5.04 Å². The Morgan fingerprint density at radius 2 is 1.67 bits per heavy atom. The summed E-state index contributed by atoms with van der Waals surface area (Å²) in [5, 5.41) is 1.89. The van der Waals surface area contributed by atoms with E-state index in [2.05, 4.69) is 74.7 Å². The van der Waals surface area contributed by atoms with Crippen LogP contribution in [0.15, 0.2) is 53.8 Å². The summed E-state index contributed by atoms with van der Waals surface area (Å²) >= 11 is 0. The van der Waals surface area contributed by atoms with E-state index < -0.39 is 8.80 Å². The Kier molecular flexibility index (Phi) is 4.08. The molecule has 0 aliphatic heterocycles. The fourth-order valence-electron chi connectivity index (χ4n) is 2.62. The third-order valence-corrected chi connectivity index (χ3v) is 7.92. The second kappa shape index (κ2) is 5.41. The Hall–Kier alpha value is -0.866. The molecule has 2 rings (SSSR count). The van der Waals surface area contributed by atoms with Crippen LogP contribution in [-0.4, -0.2) is 17.6 Å². The summed E-state index contributed by atoms with van der Waals surface area (Å²) in [7, 11) is -0.721. The van der Waals surface area contributed by atoms with Crippen molar-refractivity contribution in [1.29, 1.82) is 0 Å². The molecule has 0 fully saturated rings. The van der Waals surface area contributed by atoms with Gasteiger partial charge in [0.1, 0.15) is 0 Å². The van der Waals surface area contributed by atoms with Crippen molar-refractivity contribution < 1.29 is 0 Å². The normalized spacial score (nSPS) is 23.6. The highest BCUT2D eigenvalue weighted by molar-refractivity contribution is 6.65. The molecular weight excluding hydrogens is 248 g/mol. The van der Waals surface area contributed by atoms with Gasteiger partial charge < -0.3 is 0 Å². The lowest BCUT2D eigenvalue weighted by Gasteiger charge is -2.36. The van der Waals surface area contributed by atoms with Crippen LogP contribution >= 0.6 is 0 Å². The van der Waals surface area contributed by atoms with Gasteiger partial charge >= 0.3 is 0 Å². The Bertz CT molecular complexity index is 457. The van der Waals surface area contributed by atoms with Crippen LogP contribution in [0.2, 0.25) is 26.2 Å². The van der Waals surface area contributed by atoms with Crippen LogP contribution in [0.4, 0.5) is 0 Å². The molecule has 1 aliphatic carbocycles. The van der Waals surface area contributed by atoms with Crippen molar-refractivity contribution in [3.8, 4) is 0 Å². The molecule has 2 radical (unpaired) electrons. The van der Waals surface area contributed by atoms with Crippen molar-refractivity contribution in [2.75, 3.05) is 0 Å². The van der Waals surface area contributed by atoms with Gasteiger partial charge in [0.25, 0.3) is 0 Å². The fourth-order valence-corrected chi connectivity index (χ4v) is 5.22. The van der Waals surface area contributed by atoms with Crippen LogP contribution in [0.5, 0.6) is 0 Å². The minimum absolute atomic E-state index is 0.298. The Balaban J connectivity index is 2.37. The monoisotopic (exact) mass is 270 g/mol. The molecule has 1 unspecified atom stereocenters. The van der Waals surface area contributed by atoms with Crippen molar-refractivity contribution in [2.45, 2.75) is 37.6 Å². The standard InChI is InChI=1S/C16H22Si2/c1-17(2)15-10-12-16(13-11-15,18(3)4)14-8-6-5-7-9-14/h5-12H,13H2,1-4H3. The number of hydrogen-bond acceptors (Lipinski definition) is 0. The van der Waals surface area contributed by atoms with Crippen LogP contribution < -0.4 is 0 Å². The van der Waals surface area contributed by atoms with Gasteiger partial charge in [-0.1, -0.05) is 79.9 Å². The third kappa shape index (κ3) is 2.45. The van der Waals surface area contributed by atoms with Gasteiger partial charge in [-0.2, -0.15) is 0 Å². The van der Waals surface area contributed by atoms with E-state index in [1.54, 1.807) is 5.20 Å². The highest BCUT2D eigenvalue weighted by Gasteiger charge is 2.34. The van der Waals surface area contributed by atoms with Gasteiger partial charge in [0.2, 0.25) is 0 Å². The largest absolute Gasteiger partial charge is 0.0847 e. The molecule has 0 spiro atoms. The molecule has 94 valence electrons. The topological polar surface area (TPSA) is 0 Å². The van der Waals surface area contributed by atoms with Gasteiger partial charge in [-0.05, 0) is 12.0 Å². The molecule has 0 N–H and O–H groups in total. The zero-order valence-corrected chi connectivity index (χ0v) is 13.8. The average molecular weight is 271 g/mol. The van der Waals surface area contributed by atoms with Gasteiger partial charge in [0, 0.05) is 5.04 Å². The first kappa shape index (κ1) is 13.6. The minimum Gasteiger partial charge on any atom is -0.0847 e. The Morgan fingerprint density at radius 1 is 1.00 bits per heavy atom. The molecular formula is C16H22Si2. The van der Waals surface area contributed by atoms with E-state index in [4.69, 9.17) is 0 Å². The van der Waals surface area contributed by atoms with Crippen LogP contribution in [0.3, 0.4) is 0 Å². The molecule has 1 atom stereocenters. The second-order valence-corrected chi connectivity index (χ2v) is 11.0. The van der Waals surface area contributed by atoms with Gasteiger partial charge in [0.05, 0.1) is 17.6 Å². The first-order valence-electron chi connectivity index (χ1n) is 6.62. The lowest BCUT2D eigenvalue weighted by molar-refractivity contribution is 0.736. The highest BCUT2D eigenvalue weighted by atomic mass is 28.3. The van der Waals surface area contributed by atoms with E-state index >= 15 is 0 Å². The summed E-state index contributed by atoms with van der Waals surface area (Å²) in [6.07, 6.45) is 8.60. The first-order chi connectivity index (χ1) is 8.56. The zero-order valence-electron chi connectivity index (χ0n) is 11.8. The molecule has 0 saturated carbocycles. The lowest BCUT2D eigenvalue weighted by Crippen LogP contribution is -2.38. The zero-order chi connectivity index (χ0) is 13.2. The smallest absolute Gasteiger partial charge is 0.0787 e. The fraction of sp³-hybridized carbons (Fsp3) is 0.375. The highest BCUT2D eigenvalue weighted by Crippen LogP contribution is 2.36. The average Bonchev–Trinajstić information content (AvgIpc) is 2.39. The van der Waals surface area contributed by atoms with Gasteiger partial charge in [-0.15, -0.1) is 0 Å².